The van der Waals surface area contributed by atoms with Gasteiger partial charge in [0.25, 0.3) is 10.0 Å². The Morgan fingerprint density at radius 1 is 1.43 bits per heavy atom. The fraction of sp³-hybridized carbons (Fsp3) is 0.636. The maximum atomic E-state index is 12.6. The van der Waals surface area contributed by atoms with Crippen LogP contribution in [0.1, 0.15) is 23.2 Å². The first-order valence-electron chi connectivity index (χ1n) is 6.49. The summed E-state index contributed by atoms with van der Waals surface area (Å²) in [6, 6.07) is 0. The standard InChI is InChI=1S/C11H15N3O6S/c15-10(16)8-6-12-13-9(8)21(17,18)14-3-1-2-11(7-14)19-4-5-20-11/h6H,1-5,7H2,(H,12,13)(H,15,16). The molecule has 21 heavy (non-hydrogen) atoms. The number of hydrogen-bond acceptors (Lipinski definition) is 6. The van der Waals surface area contributed by atoms with Crippen molar-refractivity contribution in [3.8, 4) is 0 Å². The van der Waals surface area contributed by atoms with Gasteiger partial charge in [-0.15, -0.1) is 0 Å². The Labute approximate surface area is 120 Å². The third-order valence-corrected chi connectivity index (χ3v) is 5.45. The highest BCUT2D eigenvalue weighted by atomic mass is 32.2. The van der Waals surface area contributed by atoms with Crippen molar-refractivity contribution in [2.45, 2.75) is 23.7 Å². The van der Waals surface area contributed by atoms with Crippen LogP contribution in [0.2, 0.25) is 0 Å². The van der Waals surface area contributed by atoms with Crippen LogP contribution in [0.5, 0.6) is 0 Å². The lowest BCUT2D eigenvalue weighted by Gasteiger charge is -2.37. The predicted octanol–water partition coefficient (Wildman–Crippen LogP) is -0.364. The van der Waals surface area contributed by atoms with E-state index in [1.165, 1.54) is 4.31 Å². The van der Waals surface area contributed by atoms with E-state index in [0.717, 1.165) is 6.20 Å². The van der Waals surface area contributed by atoms with Crippen LogP contribution >= 0.6 is 0 Å². The van der Waals surface area contributed by atoms with Gasteiger partial charge >= 0.3 is 5.97 Å². The number of sulfonamides is 1. The van der Waals surface area contributed by atoms with E-state index < -0.39 is 26.8 Å². The van der Waals surface area contributed by atoms with Gasteiger partial charge in [-0.05, 0) is 6.42 Å². The highest BCUT2D eigenvalue weighted by Gasteiger charge is 2.45. The van der Waals surface area contributed by atoms with Gasteiger partial charge in [0.1, 0.15) is 5.56 Å². The Bertz CT molecular complexity index is 649. The van der Waals surface area contributed by atoms with Gasteiger partial charge < -0.3 is 14.6 Å². The summed E-state index contributed by atoms with van der Waals surface area (Å²) in [6.07, 6.45) is 2.18. The molecule has 2 saturated heterocycles. The molecular formula is C11H15N3O6S. The van der Waals surface area contributed by atoms with Crippen molar-refractivity contribution in [3.63, 3.8) is 0 Å². The van der Waals surface area contributed by atoms with Crippen LogP contribution < -0.4 is 0 Å². The number of H-pyrrole nitrogens is 1. The lowest BCUT2D eigenvalue weighted by Crippen LogP contribution is -2.51. The molecule has 10 heteroatoms. The molecule has 0 aliphatic carbocycles. The molecule has 1 spiro atoms. The second-order valence-corrected chi connectivity index (χ2v) is 6.84. The van der Waals surface area contributed by atoms with Gasteiger partial charge in [-0.1, -0.05) is 0 Å². The van der Waals surface area contributed by atoms with Crippen molar-refractivity contribution in [2.75, 3.05) is 26.3 Å². The topological polar surface area (TPSA) is 122 Å². The van der Waals surface area contributed by atoms with Crippen molar-refractivity contribution in [3.05, 3.63) is 11.8 Å². The van der Waals surface area contributed by atoms with E-state index in [1.807, 2.05) is 0 Å². The maximum Gasteiger partial charge on any atom is 0.340 e. The van der Waals surface area contributed by atoms with Gasteiger partial charge in [-0.3, -0.25) is 5.10 Å². The summed E-state index contributed by atoms with van der Waals surface area (Å²) in [5.74, 6) is -2.25. The number of ether oxygens (including phenoxy) is 2. The van der Waals surface area contributed by atoms with E-state index in [4.69, 9.17) is 14.6 Å². The summed E-state index contributed by atoms with van der Waals surface area (Å²) in [4.78, 5) is 11.1. The van der Waals surface area contributed by atoms with Gasteiger partial charge in [-0.2, -0.15) is 9.40 Å². The van der Waals surface area contributed by atoms with Crippen molar-refractivity contribution >= 4 is 16.0 Å². The third-order valence-electron chi connectivity index (χ3n) is 3.63. The molecule has 0 amide bonds. The molecule has 0 atom stereocenters. The molecule has 0 radical (unpaired) electrons. The van der Waals surface area contributed by atoms with E-state index in [1.54, 1.807) is 0 Å². The molecule has 3 rings (SSSR count). The molecule has 9 nitrogen and oxygen atoms in total. The molecule has 1 aromatic heterocycles. The van der Waals surface area contributed by atoms with Crippen LogP contribution in [0.3, 0.4) is 0 Å². The zero-order valence-electron chi connectivity index (χ0n) is 11.1. The van der Waals surface area contributed by atoms with E-state index >= 15 is 0 Å². The molecule has 2 aliphatic heterocycles. The largest absolute Gasteiger partial charge is 0.478 e. The van der Waals surface area contributed by atoms with Crippen molar-refractivity contribution < 1.29 is 27.8 Å². The fourth-order valence-corrected chi connectivity index (χ4v) is 4.22. The van der Waals surface area contributed by atoms with Crippen LogP contribution in [0.15, 0.2) is 11.2 Å². The summed E-state index contributed by atoms with van der Waals surface area (Å²) in [5.41, 5.74) is -0.372. The number of aromatic carboxylic acids is 1. The minimum atomic E-state index is -3.98. The van der Waals surface area contributed by atoms with E-state index in [2.05, 4.69) is 10.2 Å². The Balaban J connectivity index is 1.91. The monoisotopic (exact) mass is 317 g/mol. The number of carboxylic acids is 1. The van der Waals surface area contributed by atoms with Gasteiger partial charge in [0, 0.05) is 13.0 Å². The maximum absolute atomic E-state index is 12.6. The van der Waals surface area contributed by atoms with Crippen LogP contribution in [0.25, 0.3) is 0 Å². The molecule has 3 heterocycles. The second kappa shape index (κ2) is 5.05. The van der Waals surface area contributed by atoms with Gasteiger partial charge in [-0.25, -0.2) is 13.2 Å². The zero-order valence-corrected chi connectivity index (χ0v) is 11.9. The number of nitrogens with zero attached hydrogens (tertiary/aromatic N) is 2. The second-order valence-electron chi connectivity index (χ2n) is 4.97. The highest BCUT2D eigenvalue weighted by Crippen LogP contribution is 2.32. The van der Waals surface area contributed by atoms with Gasteiger partial charge in [0.15, 0.2) is 10.8 Å². The fourth-order valence-electron chi connectivity index (χ4n) is 2.64. The van der Waals surface area contributed by atoms with Gasteiger partial charge in [0.05, 0.1) is 26.0 Å². The minimum Gasteiger partial charge on any atom is -0.478 e. The van der Waals surface area contributed by atoms with Crippen LogP contribution in [0.4, 0.5) is 0 Å². The van der Waals surface area contributed by atoms with Crippen molar-refractivity contribution in [2.24, 2.45) is 0 Å². The first-order valence-corrected chi connectivity index (χ1v) is 7.93. The van der Waals surface area contributed by atoms with E-state index in [0.29, 0.717) is 26.1 Å². The minimum absolute atomic E-state index is 0.0490. The number of aromatic nitrogens is 2. The number of nitrogens with one attached hydrogen (secondary N) is 1. The Kier molecular flexibility index (Phi) is 3.48. The molecule has 0 unspecified atom stereocenters. The third kappa shape index (κ3) is 2.44. The lowest BCUT2D eigenvalue weighted by atomic mass is 10.1. The summed E-state index contributed by atoms with van der Waals surface area (Å²) >= 11 is 0. The first kappa shape index (κ1) is 14.4. The van der Waals surface area contributed by atoms with Crippen molar-refractivity contribution in [1.29, 1.82) is 0 Å². The average molecular weight is 317 g/mol. The zero-order chi connectivity index (χ0) is 15.1. The molecule has 1 aromatic rings. The van der Waals surface area contributed by atoms with Crippen molar-refractivity contribution in [1.82, 2.24) is 14.5 Å². The number of rotatable bonds is 3. The predicted molar refractivity (Wildman–Crippen MR) is 68.2 cm³/mol. The highest BCUT2D eigenvalue weighted by molar-refractivity contribution is 7.89. The number of hydrogen-bond donors (Lipinski definition) is 2. The first-order chi connectivity index (χ1) is 9.95. The average Bonchev–Trinajstić information content (AvgIpc) is 3.08. The smallest absolute Gasteiger partial charge is 0.340 e. The number of aromatic amines is 1. The number of piperidine rings is 1. The van der Waals surface area contributed by atoms with Crippen LogP contribution in [-0.2, 0) is 19.5 Å². The SMILES string of the molecule is O=C(O)c1cn[nH]c1S(=O)(=O)N1CCCC2(C1)OCCO2. The molecule has 0 saturated carbocycles. The molecule has 2 aliphatic rings. The van der Waals surface area contributed by atoms with E-state index in [9.17, 15) is 13.2 Å². The quantitative estimate of drug-likeness (QED) is 0.780. The van der Waals surface area contributed by atoms with Crippen LogP contribution in [0, 0.1) is 0 Å². The summed E-state index contributed by atoms with van der Waals surface area (Å²) < 4.78 is 37.4. The van der Waals surface area contributed by atoms with Gasteiger partial charge in [0.2, 0.25) is 0 Å². The van der Waals surface area contributed by atoms with Crippen LogP contribution in [-0.4, -0.2) is 66.1 Å². The normalized spacial score (nSPS) is 22.7. The van der Waals surface area contributed by atoms with E-state index in [-0.39, 0.29) is 18.7 Å². The Morgan fingerprint density at radius 2 is 2.14 bits per heavy atom. The molecule has 0 aromatic carbocycles. The number of carboxylic acid groups (broad SMARTS) is 1. The summed E-state index contributed by atoms with van der Waals surface area (Å²) in [7, 11) is -3.98. The Morgan fingerprint density at radius 3 is 2.81 bits per heavy atom. The molecule has 2 N–H and O–H groups in total. The molecule has 2 fully saturated rings. The lowest BCUT2D eigenvalue weighted by molar-refractivity contribution is -0.179. The Hall–Kier alpha value is -1.49. The molecule has 0 bridgehead atoms. The summed E-state index contributed by atoms with van der Waals surface area (Å²) in [6.45, 7) is 1.19. The summed E-state index contributed by atoms with van der Waals surface area (Å²) in [5, 5.41) is 14.4. The number of carbonyl (C=O) groups is 1. The molecular weight excluding hydrogens is 302 g/mol. The molecule has 116 valence electrons.